The normalized spacial score (nSPS) is 11.9. The van der Waals surface area contributed by atoms with E-state index in [-0.39, 0.29) is 21.7 Å². The van der Waals surface area contributed by atoms with Gasteiger partial charge in [-0.3, -0.25) is 0 Å². The Bertz CT molecular complexity index is 2030. The van der Waals surface area contributed by atoms with Gasteiger partial charge in [-0.05, 0) is 67.9 Å². The number of benzene rings is 4. The Hall–Kier alpha value is -2.22. The SMILES string of the molecule is CCc1ccc2[cH-]c(C)cc2c1-c1cc(C(C)(C)C)cc(C(C)(C)C)c1.CCc1ccc2[cH-]c(C)cc2c1-c1cc(C(C)(C)C)cc(C(C)(C)C)c1.C[Si]C.[Cl][Zr+2][Cl]. The summed E-state index contributed by atoms with van der Waals surface area (Å²) in [6.45, 7) is 41.0. The Morgan fingerprint density at radius 3 is 0.966 bits per heavy atom. The second-order valence-corrected chi connectivity index (χ2v) is 24.9. The molecule has 4 heteroatoms. The molecule has 0 heterocycles. The Morgan fingerprint density at radius 1 is 0.483 bits per heavy atom. The molecule has 58 heavy (non-hydrogen) atoms. The molecule has 0 bridgehead atoms. The van der Waals surface area contributed by atoms with E-state index >= 15 is 0 Å². The molecule has 6 aromatic rings. The third-order valence-corrected chi connectivity index (χ3v) is 10.9. The Kier molecular flexibility index (Phi) is 17.8. The van der Waals surface area contributed by atoms with Gasteiger partial charge in [-0.1, -0.05) is 183 Å². The summed E-state index contributed by atoms with van der Waals surface area (Å²) in [4.78, 5) is 0. The number of halogens is 2. The molecule has 0 aliphatic heterocycles. The average Bonchev–Trinajstić information content (AvgIpc) is 3.70. The van der Waals surface area contributed by atoms with Gasteiger partial charge in [0.2, 0.25) is 0 Å². The summed E-state index contributed by atoms with van der Waals surface area (Å²) in [7, 11) is 11.0. The molecule has 0 aromatic heterocycles. The Labute approximate surface area is 376 Å². The van der Waals surface area contributed by atoms with Crippen molar-refractivity contribution in [2.75, 3.05) is 0 Å². The first-order chi connectivity index (χ1) is 26.8. The van der Waals surface area contributed by atoms with Crippen molar-refractivity contribution in [1.82, 2.24) is 0 Å². The van der Waals surface area contributed by atoms with E-state index < -0.39 is 20.8 Å². The number of hydrogen-bond donors (Lipinski definition) is 0. The van der Waals surface area contributed by atoms with Crippen LogP contribution in [-0.4, -0.2) is 9.52 Å². The van der Waals surface area contributed by atoms with Crippen LogP contribution in [0.1, 0.15) is 141 Å². The first-order valence-electron chi connectivity index (χ1n) is 21.1. The van der Waals surface area contributed by atoms with E-state index in [2.05, 4.69) is 209 Å². The molecule has 6 rings (SSSR count). The maximum atomic E-state index is 4.93. The number of aryl methyl sites for hydroxylation is 4. The van der Waals surface area contributed by atoms with Gasteiger partial charge in [0.15, 0.2) is 0 Å². The van der Waals surface area contributed by atoms with Crippen LogP contribution >= 0.6 is 17.0 Å². The average molecular weight is 911 g/mol. The van der Waals surface area contributed by atoms with Crippen LogP contribution in [0.4, 0.5) is 0 Å². The second kappa shape index (κ2) is 20.6. The van der Waals surface area contributed by atoms with Crippen molar-refractivity contribution in [1.29, 1.82) is 0 Å². The molecule has 0 unspecified atom stereocenters. The summed E-state index contributed by atoms with van der Waals surface area (Å²) >= 11 is -0.826. The molecule has 2 radical (unpaired) electrons. The molecular weight excluding hydrogens is 839 g/mol. The fourth-order valence-electron chi connectivity index (χ4n) is 7.50. The topological polar surface area (TPSA) is 0 Å². The fraction of sp³-hybridized carbons (Fsp3) is 0.444. The molecule has 0 aliphatic rings. The van der Waals surface area contributed by atoms with Gasteiger partial charge >= 0.3 is 37.9 Å². The molecule has 0 aliphatic carbocycles. The van der Waals surface area contributed by atoms with Crippen LogP contribution in [0.3, 0.4) is 0 Å². The van der Waals surface area contributed by atoms with Gasteiger partial charge in [0, 0.05) is 9.52 Å². The summed E-state index contributed by atoms with van der Waals surface area (Å²) in [5.41, 5.74) is 17.4. The van der Waals surface area contributed by atoms with Crippen LogP contribution in [-0.2, 0) is 55.3 Å². The zero-order valence-corrected chi connectivity index (χ0v) is 44.2. The standard InChI is InChI=1S/2C26H33.C2H6Si.2ClH.Zr/c2*1-9-18-10-11-19-12-17(2)13-23(19)24(18)20-14-21(25(3,4)5)16-22(15-20)26(6,7)8;1-3-2;;;/h2*10-16H,9H2,1-8H3;1-2H3;2*1H;/q2*-1;;;;+4/p-2. The first kappa shape index (κ1) is 50.1. The van der Waals surface area contributed by atoms with Crippen molar-refractivity contribution >= 4 is 48.1 Å². The first-order valence-corrected chi connectivity index (χ1v) is 29.4. The van der Waals surface area contributed by atoms with Gasteiger partial charge in [-0.15, -0.1) is 69.1 Å². The van der Waals surface area contributed by atoms with Gasteiger partial charge < -0.3 is 0 Å². The molecule has 310 valence electrons. The zero-order valence-electron chi connectivity index (χ0n) is 39.3. The quantitative estimate of drug-likeness (QED) is 0.122. The molecule has 0 fully saturated rings. The van der Waals surface area contributed by atoms with E-state index in [1.807, 2.05) is 0 Å². The summed E-state index contributed by atoms with van der Waals surface area (Å²) in [5.74, 6) is 0. The third-order valence-electron chi connectivity index (χ3n) is 10.9. The predicted molar refractivity (Wildman–Crippen MR) is 262 cm³/mol. The maximum absolute atomic E-state index is 4.93. The van der Waals surface area contributed by atoms with Crippen molar-refractivity contribution in [2.45, 2.75) is 158 Å². The van der Waals surface area contributed by atoms with E-state index in [9.17, 15) is 0 Å². The number of rotatable bonds is 4. The summed E-state index contributed by atoms with van der Waals surface area (Å²) in [6, 6.07) is 33.0. The van der Waals surface area contributed by atoms with Crippen LogP contribution in [0.25, 0.3) is 43.8 Å². The molecule has 0 atom stereocenters. The van der Waals surface area contributed by atoms with E-state index in [1.165, 1.54) is 88.3 Å². The predicted octanol–water partition coefficient (Wildman–Crippen LogP) is 17.5. The van der Waals surface area contributed by atoms with Crippen LogP contribution < -0.4 is 0 Å². The minimum atomic E-state index is -0.826. The zero-order chi connectivity index (χ0) is 44.0. The van der Waals surface area contributed by atoms with Crippen LogP contribution in [0, 0.1) is 13.8 Å². The van der Waals surface area contributed by atoms with Gasteiger partial charge in [0.05, 0.1) is 0 Å². The fourth-order valence-corrected chi connectivity index (χ4v) is 7.50. The molecule has 0 nitrogen and oxygen atoms in total. The van der Waals surface area contributed by atoms with E-state index in [0.29, 0.717) is 0 Å². The molecular formula is C54H72Cl2SiZr. The molecule has 0 spiro atoms. The van der Waals surface area contributed by atoms with E-state index in [0.717, 1.165) is 22.4 Å². The van der Waals surface area contributed by atoms with Gasteiger partial charge in [-0.2, -0.15) is 12.1 Å². The van der Waals surface area contributed by atoms with Gasteiger partial charge in [-0.25, -0.2) is 0 Å². The summed E-state index contributed by atoms with van der Waals surface area (Å²) in [5, 5.41) is 5.50. The van der Waals surface area contributed by atoms with Crippen LogP contribution in [0.5, 0.6) is 0 Å². The molecule has 0 N–H and O–H groups in total. The van der Waals surface area contributed by atoms with Crippen molar-refractivity contribution in [3.05, 3.63) is 129 Å². The van der Waals surface area contributed by atoms with Crippen molar-refractivity contribution in [3.8, 4) is 22.3 Å². The van der Waals surface area contributed by atoms with Gasteiger partial charge in [0.1, 0.15) is 0 Å². The number of hydrogen-bond acceptors (Lipinski definition) is 0. The molecule has 0 amide bonds. The Morgan fingerprint density at radius 2 is 0.741 bits per heavy atom. The monoisotopic (exact) mass is 908 g/mol. The molecule has 6 aromatic carbocycles. The number of fused-ring (bicyclic) bond motifs is 2. The van der Waals surface area contributed by atoms with Crippen molar-refractivity contribution in [2.24, 2.45) is 0 Å². The summed E-state index contributed by atoms with van der Waals surface area (Å²) in [6.07, 6.45) is 2.11. The summed E-state index contributed by atoms with van der Waals surface area (Å²) < 4.78 is 0. The van der Waals surface area contributed by atoms with Crippen LogP contribution in [0.2, 0.25) is 13.1 Å². The minimum absolute atomic E-state index is 0.137. The van der Waals surface area contributed by atoms with E-state index in [4.69, 9.17) is 17.0 Å². The second-order valence-electron chi connectivity index (χ2n) is 20.1. The van der Waals surface area contributed by atoms with Crippen LogP contribution in [0.15, 0.2) is 84.9 Å². The van der Waals surface area contributed by atoms with Gasteiger partial charge in [0.25, 0.3) is 0 Å². The molecule has 0 saturated carbocycles. The third kappa shape index (κ3) is 12.9. The van der Waals surface area contributed by atoms with Crippen molar-refractivity contribution < 1.29 is 20.8 Å². The van der Waals surface area contributed by atoms with E-state index in [1.54, 1.807) is 0 Å². The molecule has 0 saturated heterocycles. The van der Waals surface area contributed by atoms with Crippen molar-refractivity contribution in [3.63, 3.8) is 0 Å². The Balaban J connectivity index is 0.000000273.